The number of fused-ring (bicyclic) bond motifs is 1. The summed E-state index contributed by atoms with van der Waals surface area (Å²) in [6.07, 6.45) is 0. The average Bonchev–Trinajstić information content (AvgIpc) is 3.04. The molecular formula is C14H15BrN2O2S. The molecule has 0 bridgehead atoms. The van der Waals surface area contributed by atoms with Crippen molar-refractivity contribution < 1.29 is 9.47 Å². The number of aromatic nitrogens is 1. The summed E-state index contributed by atoms with van der Waals surface area (Å²) in [5.41, 5.74) is 2.12. The molecule has 0 spiro atoms. The highest BCUT2D eigenvalue weighted by Gasteiger charge is 2.21. The topological polar surface area (TPSA) is 43.4 Å². The molecule has 0 amide bonds. The van der Waals surface area contributed by atoms with Crippen LogP contribution in [-0.4, -0.2) is 18.8 Å². The molecular weight excluding hydrogens is 340 g/mol. The first kappa shape index (κ1) is 13.9. The van der Waals surface area contributed by atoms with Crippen LogP contribution in [0.15, 0.2) is 16.6 Å². The van der Waals surface area contributed by atoms with E-state index in [1.165, 1.54) is 4.88 Å². The highest BCUT2D eigenvalue weighted by atomic mass is 79.9. The van der Waals surface area contributed by atoms with Gasteiger partial charge in [0, 0.05) is 16.5 Å². The number of hydrogen-bond donors (Lipinski definition) is 1. The van der Waals surface area contributed by atoms with E-state index in [9.17, 15) is 0 Å². The molecule has 3 rings (SSSR count). The van der Waals surface area contributed by atoms with Crippen LogP contribution in [0.1, 0.15) is 23.5 Å². The highest BCUT2D eigenvalue weighted by molar-refractivity contribution is 9.10. The van der Waals surface area contributed by atoms with Gasteiger partial charge in [0.1, 0.15) is 5.01 Å². The predicted molar refractivity (Wildman–Crippen MR) is 83.6 cm³/mol. The lowest BCUT2D eigenvalue weighted by Crippen LogP contribution is -2.11. The first-order chi connectivity index (χ1) is 9.60. The number of thiazole rings is 1. The van der Waals surface area contributed by atoms with Gasteiger partial charge in [0.2, 0.25) is 6.79 Å². The minimum Gasteiger partial charge on any atom is -0.454 e. The Hall–Kier alpha value is -1.11. The van der Waals surface area contributed by atoms with Crippen LogP contribution in [0.4, 0.5) is 0 Å². The summed E-state index contributed by atoms with van der Waals surface area (Å²) < 4.78 is 11.8. The van der Waals surface area contributed by atoms with E-state index in [2.05, 4.69) is 33.2 Å². The van der Waals surface area contributed by atoms with Crippen LogP contribution in [0.5, 0.6) is 11.5 Å². The summed E-state index contributed by atoms with van der Waals surface area (Å²) in [5, 5.41) is 4.26. The van der Waals surface area contributed by atoms with Crippen molar-refractivity contribution in [1.29, 1.82) is 0 Å². The maximum absolute atomic E-state index is 5.46. The molecule has 0 radical (unpaired) electrons. The minimum atomic E-state index is 0.274. The van der Waals surface area contributed by atoms with Gasteiger partial charge >= 0.3 is 0 Å². The highest BCUT2D eigenvalue weighted by Crippen LogP contribution is 2.43. The van der Waals surface area contributed by atoms with Gasteiger partial charge in [-0.25, -0.2) is 4.98 Å². The SMILES string of the molecule is CNC(C)c1sc(-c2cc(Br)c3c(c2)OCO3)nc1C. The molecule has 1 unspecified atom stereocenters. The largest absolute Gasteiger partial charge is 0.454 e. The van der Waals surface area contributed by atoms with Gasteiger partial charge in [-0.05, 0) is 49.0 Å². The van der Waals surface area contributed by atoms with Gasteiger partial charge < -0.3 is 14.8 Å². The number of rotatable bonds is 3. The molecule has 1 aliphatic heterocycles. The second kappa shape index (κ2) is 5.35. The van der Waals surface area contributed by atoms with E-state index in [0.29, 0.717) is 6.04 Å². The number of nitrogens with one attached hydrogen (secondary N) is 1. The van der Waals surface area contributed by atoms with Crippen molar-refractivity contribution in [3.8, 4) is 22.1 Å². The van der Waals surface area contributed by atoms with Crippen LogP contribution in [0.25, 0.3) is 10.6 Å². The van der Waals surface area contributed by atoms with E-state index in [4.69, 9.17) is 9.47 Å². The Morgan fingerprint density at radius 2 is 2.20 bits per heavy atom. The second-order valence-corrected chi connectivity index (χ2v) is 6.56. The number of nitrogens with zero attached hydrogens (tertiary/aromatic N) is 1. The summed E-state index contributed by atoms with van der Waals surface area (Å²) in [4.78, 5) is 5.94. The lowest BCUT2D eigenvalue weighted by Gasteiger charge is -2.07. The fourth-order valence-corrected chi connectivity index (χ4v) is 3.83. The molecule has 1 aromatic heterocycles. The molecule has 20 heavy (non-hydrogen) atoms. The fourth-order valence-electron chi connectivity index (χ4n) is 2.16. The summed E-state index contributed by atoms with van der Waals surface area (Å²) in [6, 6.07) is 4.32. The van der Waals surface area contributed by atoms with Crippen LogP contribution < -0.4 is 14.8 Å². The lowest BCUT2D eigenvalue weighted by atomic mass is 10.2. The summed E-state index contributed by atoms with van der Waals surface area (Å²) in [5.74, 6) is 1.54. The molecule has 6 heteroatoms. The van der Waals surface area contributed by atoms with E-state index in [1.807, 2.05) is 26.1 Å². The van der Waals surface area contributed by atoms with Crippen molar-refractivity contribution >= 4 is 27.3 Å². The molecule has 0 fully saturated rings. The maximum atomic E-state index is 5.46. The van der Waals surface area contributed by atoms with Crippen molar-refractivity contribution in [2.24, 2.45) is 0 Å². The van der Waals surface area contributed by atoms with Gasteiger partial charge in [-0.3, -0.25) is 0 Å². The predicted octanol–water partition coefficient (Wildman–Crippen LogP) is 3.89. The first-order valence-corrected chi connectivity index (χ1v) is 7.95. The monoisotopic (exact) mass is 354 g/mol. The third kappa shape index (κ3) is 2.32. The van der Waals surface area contributed by atoms with E-state index >= 15 is 0 Å². The van der Waals surface area contributed by atoms with Gasteiger partial charge in [0.25, 0.3) is 0 Å². The summed E-state index contributed by atoms with van der Waals surface area (Å²) in [7, 11) is 1.96. The van der Waals surface area contributed by atoms with Crippen LogP contribution >= 0.6 is 27.3 Å². The van der Waals surface area contributed by atoms with Gasteiger partial charge in [-0.15, -0.1) is 11.3 Å². The first-order valence-electron chi connectivity index (χ1n) is 6.34. The molecule has 2 heterocycles. The Morgan fingerprint density at radius 3 is 2.95 bits per heavy atom. The molecule has 1 aliphatic rings. The number of aryl methyl sites for hydroxylation is 1. The third-order valence-corrected chi connectivity index (χ3v) is 5.31. The fraction of sp³-hybridized carbons (Fsp3) is 0.357. The van der Waals surface area contributed by atoms with Gasteiger partial charge in [-0.1, -0.05) is 0 Å². The summed E-state index contributed by atoms with van der Waals surface area (Å²) in [6.45, 7) is 4.46. The van der Waals surface area contributed by atoms with E-state index in [1.54, 1.807) is 11.3 Å². The molecule has 1 atom stereocenters. The number of halogens is 1. The van der Waals surface area contributed by atoms with Crippen molar-refractivity contribution in [3.05, 3.63) is 27.2 Å². The Labute approximate surface area is 130 Å². The van der Waals surface area contributed by atoms with Crippen molar-refractivity contribution in [3.63, 3.8) is 0 Å². The van der Waals surface area contributed by atoms with E-state index < -0.39 is 0 Å². The molecule has 4 nitrogen and oxygen atoms in total. The van der Waals surface area contributed by atoms with Gasteiger partial charge in [0.05, 0.1) is 10.2 Å². The van der Waals surface area contributed by atoms with Gasteiger partial charge in [0.15, 0.2) is 11.5 Å². The molecule has 0 aliphatic carbocycles. The molecule has 1 aromatic carbocycles. The summed E-state index contributed by atoms with van der Waals surface area (Å²) >= 11 is 5.23. The molecule has 0 saturated carbocycles. The molecule has 0 saturated heterocycles. The van der Waals surface area contributed by atoms with E-state index in [0.717, 1.165) is 32.2 Å². The van der Waals surface area contributed by atoms with Crippen LogP contribution in [0.2, 0.25) is 0 Å². The maximum Gasteiger partial charge on any atom is 0.231 e. The lowest BCUT2D eigenvalue weighted by molar-refractivity contribution is 0.173. The zero-order valence-corrected chi connectivity index (χ0v) is 13.9. The third-order valence-electron chi connectivity index (χ3n) is 3.33. The number of ether oxygens (including phenoxy) is 2. The Morgan fingerprint density at radius 1 is 1.40 bits per heavy atom. The van der Waals surface area contributed by atoms with E-state index in [-0.39, 0.29) is 6.79 Å². The second-order valence-electron chi connectivity index (χ2n) is 4.67. The quantitative estimate of drug-likeness (QED) is 0.907. The molecule has 2 aromatic rings. The van der Waals surface area contributed by atoms with Crippen LogP contribution in [0, 0.1) is 6.92 Å². The zero-order valence-electron chi connectivity index (χ0n) is 11.5. The minimum absolute atomic E-state index is 0.274. The van der Waals surface area contributed by atoms with Crippen molar-refractivity contribution in [2.45, 2.75) is 19.9 Å². The van der Waals surface area contributed by atoms with Crippen molar-refractivity contribution in [2.75, 3.05) is 13.8 Å². The normalized spacial score (nSPS) is 14.6. The Balaban J connectivity index is 2.04. The Kier molecular flexibility index (Phi) is 3.70. The Bertz CT molecular complexity index is 657. The number of hydrogen-bond acceptors (Lipinski definition) is 5. The van der Waals surface area contributed by atoms with Crippen LogP contribution in [0.3, 0.4) is 0 Å². The standard InChI is InChI=1S/C14H15BrN2O2S/c1-7(16-3)13-8(2)17-14(20-13)9-4-10(15)12-11(5-9)18-6-19-12/h4-5,7,16H,6H2,1-3H3. The van der Waals surface area contributed by atoms with Crippen LogP contribution in [-0.2, 0) is 0 Å². The zero-order chi connectivity index (χ0) is 14.3. The van der Waals surface area contributed by atoms with Crippen molar-refractivity contribution in [1.82, 2.24) is 10.3 Å². The molecule has 106 valence electrons. The molecule has 1 N–H and O–H groups in total. The smallest absolute Gasteiger partial charge is 0.231 e. The average molecular weight is 355 g/mol. The van der Waals surface area contributed by atoms with Gasteiger partial charge in [-0.2, -0.15) is 0 Å². The number of benzene rings is 1.